The maximum absolute atomic E-state index is 12.5. The highest BCUT2D eigenvalue weighted by atomic mass is 35.5. The first-order chi connectivity index (χ1) is 12.4. The van der Waals surface area contributed by atoms with E-state index in [1.807, 2.05) is 0 Å². The first kappa shape index (κ1) is 19.6. The van der Waals surface area contributed by atoms with E-state index in [2.05, 4.69) is 10.6 Å². The largest absolute Gasteiger partial charge is 0.497 e. The van der Waals surface area contributed by atoms with Crippen LogP contribution in [0.2, 0.25) is 5.02 Å². The van der Waals surface area contributed by atoms with Crippen molar-refractivity contribution in [2.75, 3.05) is 19.5 Å². The lowest BCUT2D eigenvalue weighted by atomic mass is 10.0. The Kier molecular flexibility index (Phi) is 6.86. The monoisotopic (exact) mass is 376 g/mol. The topological polar surface area (TPSA) is 76.7 Å². The summed E-state index contributed by atoms with van der Waals surface area (Å²) in [6, 6.07) is 11.6. The van der Waals surface area contributed by atoms with Crippen LogP contribution in [0, 0.1) is 0 Å². The average molecular weight is 377 g/mol. The van der Waals surface area contributed by atoms with Gasteiger partial charge in [-0.25, -0.2) is 0 Å². The van der Waals surface area contributed by atoms with E-state index in [0.29, 0.717) is 22.2 Å². The average Bonchev–Trinajstić information content (AvgIpc) is 2.61. The Balaban J connectivity index is 2.17. The Morgan fingerprint density at radius 2 is 1.77 bits per heavy atom. The number of rotatable bonds is 7. The first-order valence-corrected chi connectivity index (χ1v) is 8.35. The maximum atomic E-state index is 12.5. The van der Waals surface area contributed by atoms with Crippen molar-refractivity contribution in [2.24, 2.45) is 0 Å². The minimum atomic E-state index is -0.471. The van der Waals surface area contributed by atoms with Crippen molar-refractivity contribution in [1.29, 1.82) is 0 Å². The number of carbonyl (C=O) groups is 2. The molecule has 2 aromatic rings. The summed E-state index contributed by atoms with van der Waals surface area (Å²) in [4.78, 5) is 24.0. The van der Waals surface area contributed by atoms with Crippen LogP contribution >= 0.6 is 11.6 Å². The molecular weight excluding hydrogens is 356 g/mol. The Bertz CT molecular complexity index is 778. The fourth-order valence-corrected chi connectivity index (χ4v) is 2.62. The molecule has 0 saturated heterocycles. The number of amides is 2. The van der Waals surface area contributed by atoms with Crippen molar-refractivity contribution in [3.63, 3.8) is 0 Å². The van der Waals surface area contributed by atoms with Gasteiger partial charge in [0.1, 0.15) is 11.5 Å². The number of hydrogen-bond acceptors (Lipinski definition) is 4. The standard InChI is InChI=1S/C19H21ClN2O4/c1-12(23)21-16(13-4-6-14(20)7-5-13)11-19(24)22-17-10-15(25-2)8-9-18(17)26-3/h4-10,16H,11H2,1-3H3,(H,21,23)(H,22,24). The summed E-state index contributed by atoms with van der Waals surface area (Å²) >= 11 is 5.90. The van der Waals surface area contributed by atoms with Gasteiger partial charge in [-0.1, -0.05) is 23.7 Å². The van der Waals surface area contributed by atoms with E-state index in [1.54, 1.807) is 49.6 Å². The van der Waals surface area contributed by atoms with Crippen LogP contribution in [-0.4, -0.2) is 26.0 Å². The first-order valence-electron chi connectivity index (χ1n) is 7.97. The molecule has 138 valence electrons. The highest BCUT2D eigenvalue weighted by Gasteiger charge is 2.18. The number of methoxy groups -OCH3 is 2. The SMILES string of the molecule is COc1ccc(OC)c(NC(=O)CC(NC(C)=O)c2ccc(Cl)cc2)c1. The lowest BCUT2D eigenvalue weighted by Gasteiger charge is -2.19. The highest BCUT2D eigenvalue weighted by Crippen LogP contribution is 2.29. The van der Waals surface area contributed by atoms with Crippen LogP contribution in [0.3, 0.4) is 0 Å². The molecule has 0 heterocycles. The van der Waals surface area contributed by atoms with Gasteiger partial charge in [-0.2, -0.15) is 0 Å². The molecule has 2 N–H and O–H groups in total. The van der Waals surface area contributed by atoms with E-state index < -0.39 is 6.04 Å². The predicted octanol–water partition coefficient (Wildman–Crippen LogP) is 3.56. The number of hydrogen-bond donors (Lipinski definition) is 2. The maximum Gasteiger partial charge on any atom is 0.226 e. The molecule has 0 saturated carbocycles. The summed E-state index contributed by atoms with van der Waals surface area (Å²) in [5, 5.41) is 6.17. The van der Waals surface area contributed by atoms with Gasteiger partial charge in [0.2, 0.25) is 11.8 Å². The molecule has 2 aromatic carbocycles. The minimum Gasteiger partial charge on any atom is -0.497 e. The third-order valence-electron chi connectivity index (χ3n) is 3.72. The third kappa shape index (κ3) is 5.39. The predicted molar refractivity (Wildman–Crippen MR) is 101 cm³/mol. The van der Waals surface area contributed by atoms with Gasteiger partial charge in [0.25, 0.3) is 0 Å². The van der Waals surface area contributed by atoms with Crippen molar-refractivity contribution in [1.82, 2.24) is 5.32 Å². The van der Waals surface area contributed by atoms with Crippen LogP contribution in [0.25, 0.3) is 0 Å². The summed E-state index contributed by atoms with van der Waals surface area (Å²) in [6.45, 7) is 1.41. The van der Waals surface area contributed by atoms with E-state index in [4.69, 9.17) is 21.1 Å². The number of carbonyl (C=O) groups excluding carboxylic acids is 2. The molecule has 0 aromatic heterocycles. The van der Waals surface area contributed by atoms with Gasteiger partial charge < -0.3 is 20.1 Å². The lowest BCUT2D eigenvalue weighted by molar-refractivity contribution is -0.120. The van der Waals surface area contributed by atoms with Crippen molar-refractivity contribution in [2.45, 2.75) is 19.4 Å². The van der Waals surface area contributed by atoms with E-state index in [-0.39, 0.29) is 18.2 Å². The zero-order valence-electron chi connectivity index (χ0n) is 14.8. The number of halogens is 1. The summed E-state index contributed by atoms with van der Waals surface area (Å²) < 4.78 is 10.4. The molecule has 0 aliphatic carbocycles. The molecule has 0 aliphatic heterocycles. The molecule has 26 heavy (non-hydrogen) atoms. The molecule has 1 unspecified atom stereocenters. The normalized spacial score (nSPS) is 11.4. The molecule has 2 rings (SSSR count). The van der Waals surface area contributed by atoms with Gasteiger partial charge in [-0.15, -0.1) is 0 Å². The van der Waals surface area contributed by atoms with Crippen molar-refractivity contribution < 1.29 is 19.1 Å². The Labute approximate surface area is 157 Å². The molecule has 0 spiro atoms. The quantitative estimate of drug-likeness (QED) is 0.774. The second-order valence-corrected chi connectivity index (χ2v) is 6.06. The second-order valence-electron chi connectivity index (χ2n) is 5.62. The van der Waals surface area contributed by atoms with E-state index in [1.165, 1.54) is 14.0 Å². The minimum absolute atomic E-state index is 0.0571. The van der Waals surface area contributed by atoms with Crippen molar-refractivity contribution >= 4 is 29.1 Å². The van der Waals surface area contributed by atoms with Gasteiger partial charge in [-0.05, 0) is 29.8 Å². The van der Waals surface area contributed by atoms with Gasteiger partial charge in [0.15, 0.2) is 0 Å². The van der Waals surface area contributed by atoms with Crippen LogP contribution in [0.15, 0.2) is 42.5 Å². The Morgan fingerprint density at radius 1 is 1.08 bits per heavy atom. The van der Waals surface area contributed by atoms with Crippen LogP contribution in [0.1, 0.15) is 24.9 Å². The molecule has 7 heteroatoms. The third-order valence-corrected chi connectivity index (χ3v) is 3.97. The van der Waals surface area contributed by atoms with Crippen LogP contribution in [-0.2, 0) is 9.59 Å². The molecule has 0 bridgehead atoms. The smallest absolute Gasteiger partial charge is 0.226 e. The molecule has 1 atom stereocenters. The van der Waals surface area contributed by atoms with Crippen LogP contribution in [0.4, 0.5) is 5.69 Å². The van der Waals surface area contributed by atoms with E-state index >= 15 is 0 Å². The van der Waals surface area contributed by atoms with Gasteiger partial charge in [-0.3, -0.25) is 9.59 Å². The van der Waals surface area contributed by atoms with Crippen molar-refractivity contribution in [3.8, 4) is 11.5 Å². The molecule has 6 nitrogen and oxygen atoms in total. The van der Waals surface area contributed by atoms with Gasteiger partial charge in [0, 0.05) is 18.0 Å². The van der Waals surface area contributed by atoms with Crippen molar-refractivity contribution in [3.05, 3.63) is 53.1 Å². The zero-order valence-corrected chi connectivity index (χ0v) is 15.6. The second kappa shape index (κ2) is 9.10. The van der Waals surface area contributed by atoms with Gasteiger partial charge >= 0.3 is 0 Å². The van der Waals surface area contributed by atoms with E-state index in [9.17, 15) is 9.59 Å². The Hall–Kier alpha value is -2.73. The number of ether oxygens (including phenoxy) is 2. The highest BCUT2D eigenvalue weighted by molar-refractivity contribution is 6.30. The fourth-order valence-electron chi connectivity index (χ4n) is 2.49. The molecule has 0 fully saturated rings. The number of anilines is 1. The molecular formula is C19H21ClN2O4. The lowest BCUT2D eigenvalue weighted by Crippen LogP contribution is -2.29. The molecule has 2 amide bonds. The number of benzene rings is 2. The Morgan fingerprint density at radius 3 is 2.35 bits per heavy atom. The summed E-state index contributed by atoms with van der Waals surface area (Å²) in [5.74, 6) is 0.612. The van der Waals surface area contributed by atoms with Crippen LogP contribution in [0.5, 0.6) is 11.5 Å². The fraction of sp³-hybridized carbons (Fsp3) is 0.263. The van der Waals surface area contributed by atoms with Gasteiger partial charge in [0.05, 0.1) is 32.4 Å². The number of nitrogens with one attached hydrogen (secondary N) is 2. The molecule has 0 radical (unpaired) electrons. The molecule has 0 aliphatic rings. The van der Waals surface area contributed by atoms with Crippen LogP contribution < -0.4 is 20.1 Å². The van der Waals surface area contributed by atoms with E-state index in [0.717, 1.165) is 5.56 Å². The zero-order chi connectivity index (χ0) is 19.1. The summed E-state index contributed by atoms with van der Waals surface area (Å²) in [5.41, 5.74) is 1.28. The summed E-state index contributed by atoms with van der Waals surface area (Å²) in [6.07, 6.45) is 0.0571. The summed E-state index contributed by atoms with van der Waals surface area (Å²) in [7, 11) is 3.06.